The minimum Gasteiger partial charge on any atom is -0.472 e. The predicted octanol–water partition coefficient (Wildman–Crippen LogP) is 4.01. The molecule has 0 unspecified atom stereocenters. The van der Waals surface area contributed by atoms with E-state index in [0.29, 0.717) is 6.61 Å². The Bertz CT molecular complexity index is 1510. The highest BCUT2D eigenvalue weighted by Crippen LogP contribution is 2.33. The summed E-state index contributed by atoms with van der Waals surface area (Å²) in [5, 5.41) is 18.8. The van der Waals surface area contributed by atoms with Crippen LogP contribution in [0.25, 0.3) is 11.1 Å². The van der Waals surface area contributed by atoms with Gasteiger partial charge in [-0.15, -0.1) is 0 Å². The van der Waals surface area contributed by atoms with E-state index >= 15 is 0 Å². The number of hydrogen-bond donors (Lipinski definition) is 4. The maximum Gasteiger partial charge on any atom is 0.407 e. The lowest BCUT2D eigenvalue weighted by molar-refractivity contribution is -0.131. The fourth-order valence-electron chi connectivity index (χ4n) is 6.05. The average Bonchev–Trinajstić information content (AvgIpc) is 3.84. The van der Waals surface area contributed by atoms with Crippen LogP contribution >= 0.6 is 0 Å². The van der Waals surface area contributed by atoms with Gasteiger partial charge in [0.1, 0.15) is 12.1 Å². The zero-order chi connectivity index (χ0) is 35.0. The first-order chi connectivity index (χ1) is 23.5. The van der Waals surface area contributed by atoms with Gasteiger partial charge in [0.15, 0.2) is 6.29 Å². The fourth-order valence-corrected chi connectivity index (χ4v) is 6.05. The van der Waals surface area contributed by atoms with Crippen molar-refractivity contribution in [1.82, 2.24) is 21.1 Å². The molecule has 49 heavy (non-hydrogen) atoms. The van der Waals surface area contributed by atoms with E-state index in [0.717, 1.165) is 28.7 Å². The number of amides is 3. The number of aliphatic hydroxyl groups excluding tert-OH is 1. The number of carbonyl (C=O) groups is 3. The zero-order valence-electron chi connectivity index (χ0n) is 28.3. The maximum atomic E-state index is 13.7. The van der Waals surface area contributed by atoms with E-state index in [2.05, 4.69) is 16.1 Å². The number of benzene rings is 2. The SMILES string of the molecule is COC(=O)N[C@H](C(=O)NN(Cc1ccccc1)C[C@H](O)[C@H](Cc1ccc(-c2ccoc2)cc1)NC(=O)O[C@H]1CO[C@H]2OCC[C@H]21)C(C)(C)C. The van der Waals surface area contributed by atoms with Crippen LogP contribution in [-0.2, 0) is 36.7 Å². The number of rotatable bonds is 13. The molecule has 2 aromatic carbocycles. The highest BCUT2D eigenvalue weighted by atomic mass is 16.7. The Kier molecular flexibility index (Phi) is 11.9. The van der Waals surface area contributed by atoms with Crippen molar-refractivity contribution in [2.75, 3.05) is 26.9 Å². The minimum atomic E-state index is -1.17. The van der Waals surface area contributed by atoms with Crippen LogP contribution in [0.2, 0.25) is 0 Å². The Morgan fingerprint density at radius 3 is 2.39 bits per heavy atom. The molecule has 6 atom stereocenters. The largest absolute Gasteiger partial charge is 0.472 e. The van der Waals surface area contributed by atoms with E-state index in [1.807, 2.05) is 81.4 Å². The summed E-state index contributed by atoms with van der Waals surface area (Å²) in [6.45, 7) is 6.40. The van der Waals surface area contributed by atoms with Crippen molar-refractivity contribution < 1.29 is 42.9 Å². The Balaban J connectivity index is 1.35. The van der Waals surface area contributed by atoms with Gasteiger partial charge in [-0.25, -0.2) is 14.6 Å². The molecule has 2 aliphatic rings. The third-order valence-corrected chi connectivity index (χ3v) is 8.74. The molecule has 0 bridgehead atoms. The van der Waals surface area contributed by atoms with Crippen LogP contribution in [0.4, 0.5) is 9.59 Å². The smallest absolute Gasteiger partial charge is 0.407 e. The zero-order valence-corrected chi connectivity index (χ0v) is 28.3. The molecular weight excluding hydrogens is 632 g/mol. The number of fused-ring (bicyclic) bond motifs is 1. The minimum absolute atomic E-state index is 0.0458. The van der Waals surface area contributed by atoms with Gasteiger partial charge in [-0.05, 0) is 41.0 Å². The van der Waals surface area contributed by atoms with E-state index < -0.39 is 47.8 Å². The second-order valence-corrected chi connectivity index (χ2v) is 13.5. The van der Waals surface area contributed by atoms with Crippen molar-refractivity contribution in [3.05, 3.63) is 84.3 Å². The first-order valence-corrected chi connectivity index (χ1v) is 16.4. The van der Waals surface area contributed by atoms with Gasteiger partial charge in [0.25, 0.3) is 5.91 Å². The number of alkyl carbamates (subject to hydrolysis) is 2. The summed E-state index contributed by atoms with van der Waals surface area (Å²) < 4.78 is 27.0. The van der Waals surface area contributed by atoms with Crippen molar-refractivity contribution >= 4 is 18.1 Å². The molecule has 2 fully saturated rings. The Hall–Kier alpha value is -4.43. The monoisotopic (exact) mass is 678 g/mol. The van der Waals surface area contributed by atoms with Gasteiger partial charge in [-0.2, -0.15) is 0 Å². The van der Waals surface area contributed by atoms with Crippen molar-refractivity contribution in [3.8, 4) is 11.1 Å². The summed E-state index contributed by atoms with van der Waals surface area (Å²) in [7, 11) is 1.23. The molecule has 1 aromatic heterocycles. The van der Waals surface area contributed by atoms with Crippen molar-refractivity contribution in [2.45, 2.75) is 70.7 Å². The van der Waals surface area contributed by atoms with Crippen LogP contribution in [0.5, 0.6) is 0 Å². The van der Waals surface area contributed by atoms with E-state index in [4.69, 9.17) is 23.4 Å². The molecule has 13 nitrogen and oxygen atoms in total. The molecule has 0 radical (unpaired) electrons. The second kappa shape index (κ2) is 16.3. The number of methoxy groups -OCH3 is 1. The van der Waals surface area contributed by atoms with Crippen molar-refractivity contribution in [1.29, 1.82) is 0 Å². The first-order valence-electron chi connectivity index (χ1n) is 16.4. The van der Waals surface area contributed by atoms with Crippen LogP contribution in [-0.4, -0.2) is 85.7 Å². The maximum absolute atomic E-state index is 13.7. The van der Waals surface area contributed by atoms with Crippen LogP contribution in [0.15, 0.2) is 77.6 Å². The normalized spacial score (nSPS) is 20.6. The topological polar surface area (TPSA) is 161 Å². The summed E-state index contributed by atoms with van der Waals surface area (Å²) >= 11 is 0. The lowest BCUT2D eigenvalue weighted by Crippen LogP contribution is -2.59. The summed E-state index contributed by atoms with van der Waals surface area (Å²) in [6.07, 6.45) is 0.810. The first kappa shape index (κ1) is 35.9. The molecule has 3 aromatic rings. The number of carbonyl (C=O) groups excluding carboxylic acids is 3. The standard InChI is InChI=1S/C36H46N4O9/c1-36(2,3)31(38-34(43)45-4)32(42)39-40(19-24-8-6-5-7-9-24)20-29(41)28(18-23-10-12-25(13-11-23)26-14-16-46-21-26)37-35(44)49-30-22-48-33-27(30)15-17-47-33/h5-14,16,21,27-31,33,41H,15,17-20,22H2,1-4H3,(H,37,44)(H,38,43)(H,39,42)/t27-,28-,29-,30-,31+,33+/m0/s1. The van der Waals surface area contributed by atoms with Crippen LogP contribution in [0, 0.1) is 11.3 Å². The summed E-state index contributed by atoms with van der Waals surface area (Å²) in [6, 6.07) is 17.3. The van der Waals surface area contributed by atoms with E-state index in [-0.39, 0.29) is 38.3 Å². The highest BCUT2D eigenvalue weighted by Gasteiger charge is 2.44. The number of aliphatic hydroxyl groups is 1. The van der Waals surface area contributed by atoms with Crippen molar-refractivity contribution in [3.63, 3.8) is 0 Å². The van der Waals surface area contributed by atoms with Crippen LogP contribution in [0.1, 0.15) is 38.3 Å². The number of hydrogen-bond acceptors (Lipinski definition) is 10. The molecule has 4 N–H and O–H groups in total. The Labute approximate surface area is 286 Å². The van der Waals surface area contributed by atoms with Gasteiger partial charge in [0.05, 0.1) is 50.9 Å². The number of furan rings is 1. The molecule has 264 valence electrons. The van der Waals surface area contributed by atoms with E-state index in [1.54, 1.807) is 17.5 Å². The molecule has 0 spiro atoms. The Morgan fingerprint density at radius 2 is 1.71 bits per heavy atom. The second-order valence-electron chi connectivity index (χ2n) is 13.5. The van der Waals surface area contributed by atoms with Crippen LogP contribution in [0.3, 0.4) is 0 Å². The quantitative estimate of drug-likeness (QED) is 0.195. The number of nitrogens with zero attached hydrogens (tertiary/aromatic N) is 1. The number of nitrogens with one attached hydrogen (secondary N) is 3. The summed E-state index contributed by atoms with van der Waals surface area (Å²) in [5.41, 5.74) is 5.85. The van der Waals surface area contributed by atoms with Crippen molar-refractivity contribution in [2.24, 2.45) is 11.3 Å². The highest BCUT2D eigenvalue weighted by molar-refractivity contribution is 5.86. The van der Waals surface area contributed by atoms with E-state index in [9.17, 15) is 19.5 Å². The van der Waals surface area contributed by atoms with E-state index in [1.165, 1.54) is 7.11 Å². The number of ether oxygens (including phenoxy) is 4. The third-order valence-electron chi connectivity index (χ3n) is 8.74. The van der Waals surface area contributed by atoms with Gasteiger partial charge >= 0.3 is 12.2 Å². The van der Waals surface area contributed by atoms with Crippen LogP contribution < -0.4 is 16.1 Å². The summed E-state index contributed by atoms with van der Waals surface area (Å²) in [5.74, 6) is -0.537. The van der Waals surface area contributed by atoms with Gasteiger partial charge in [0.2, 0.25) is 0 Å². The molecule has 2 aliphatic heterocycles. The average molecular weight is 679 g/mol. The molecule has 0 aliphatic carbocycles. The molecule has 0 saturated carbocycles. The fraction of sp³-hybridized carbons (Fsp3) is 0.472. The molecule has 3 amide bonds. The van der Waals surface area contributed by atoms with Gasteiger partial charge < -0.3 is 39.1 Å². The molecular formula is C36H46N4O9. The lowest BCUT2D eigenvalue weighted by atomic mass is 9.86. The van der Waals surface area contributed by atoms with Gasteiger partial charge in [-0.1, -0.05) is 75.4 Å². The third kappa shape index (κ3) is 9.82. The molecule has 13 heteroatoms. The summed E-state index contributed by atoms with van der Waals surface area (Å²) in [4.78, 5) is 39.1. The van der Waals surface area contributed by atoms with Gasteiger partial charge in [-0.3, -0.25) is 10.2 Å². The lowest BCUT2D eigenvalue weighted by Gasteiger charge is -2.34. The molecule has 3 heterocycles. The van der Waals surface area contributed by atoms with Gasteiger partial charge in [0, 0.05) is 18.7 Å². The predicted molar refractivity (Wildman–Crippen MR) is 179 cm³/mol. The Morgan fingerprint density at radius 1 is 0.959 bits per heavy atom. The molecule has 2 saturated heterocycles. The number of hydrazine groups is 1. The molecule has 5 rings (SSSR count).